The second kappa shape index (κ2) is 13.0. The molecule has 0 unspecified atom stereocenters. The summed E-state index contributed by atoms with van der Waals surface area (Å²) in [5, 5.41) is 0.575. The van der Waals surface area contributed by atoms with Crippen molar-refractivity contribution in [1.29, 1.82) is 0 Å². The highest BCUT2D eigenvalue weighted by Gasteiger charge is 2.46. The van der Waals surface area contributed by atoms with Gasteiger partial charge in [-0.25, -0.2) is 17.9 Å². The van der Waals surface area contributed by atoms with Gasteiger partial charge in [-0.05, 0) is 75.4 Å². The third-order valence-electron chi connectivity index (χ3n) is 10.6. The first-order valence-electron chi connectivity index (χ1n) is 16.7. The van der Waals surface area contributed by atoms with Crippen molar-refractivity contribution in [2.24, 2.45) is 11.8 Å². The maximum absolute atomic E-state index is 13.6. The van der Waals surface area contributed by atoms with Crippen molar-refractivity contribution in [3.8, 4) is 11.5 Å². The first kappa shape index (κ1) is 34.0. The number of ether oxygens (including phenoxy) is 5. The van der Waals surface area contributed by atoms with Gasteiger partial charge in [0.25, 0.3) is 15.9 Å². The van der Waals surface area contributed by atoms with Crippen LogP contribution in [-0.4, -0.2) is 96.2 Å². The Bertz CT molecular complexity index is 1760. The van der Waals surface area contributed by atoms with E-state index in [1.54, 1.807) is 30.2 Å². The smallest absolute Gasteiger partial charge is 0.410 e. The summed E-state index contributed by atoms with van der Waals surface area (Å²) in [5.74, 6) is 0.540. The lowest BCUT2D eigenvalue weighted by molar-refractivity contribution is -0.139. The molecule has 0 radical (unpaired) electrons. The lowest BCUT2D eigenvalue weighted by atomic mass is 9.69. The third-order valence-corrected chi connectivity index (χ3v) is 12.2. The highest BCUT2D eigenvalue weighted by Crippen LogP contribution is 2.48. The SMILES string of the molecule is CN(C(=O)O[C@H]1C=CCOC(C)(C)C(=O)NS(=O)(=O)c2ccc3c(c2)N(C[C@@H]2CC[C@H]21)C[C@@]1(CCOc2cc(Cl)ccc21)CO3)C1COC1. The first-order chi connectivity index (χ1) is 23.3. The van der Waals surface area contributed by atoms with Crippen LogP contribution in [0, 0.1) is 11.8 Å². The number of carbonyl (C=O) groups excluding carboxylic acids is 2. The number of hydrogen-bond acceptors (Lipinski definition) is 10. The number of benzene rings is 2. The molecule has 4 heterocycles. The Morgan fingerprint density at radius 1 is 1.10 bits per heavy atom. The summed E-state index contributed by atoms with van der Waals surface area (Å²) in [6.45, 7) is 5.86. The van der Waals surface area contributed by atoms with Crippen LogP contribution in [0.25, 0.3) is 0 Å². The topological polar surface area (TPSA) is 133 Å². The minimum atomic E-state index is -4.26. The van der Waals surface area contributed by atoms with Gasteiger partial charge in [0.05, 0.1) is 55.1 Å². The molecule has 1 saturated heterocycles. The van der Waals surface area contributed by atoms with E-state index in [4.69, 9.17) is 35.3 Å². The quantitative estimate of drug-likeness (QED) is 0.449. The number of likely N-dealkylation sites (N-methyl/N-ethyl adjacent to an activating group) is 1. The van der Waals surface area contributed by atoms with Gasteiger partial charge in [0.2, 0.25) is 0 Å². The second-order valence-corrected chi connectivity index (χ2v) is 16.3. The number of rotatable bonds is 2. The van der Waals surface area contributed by atoms with E-state index in [0.717, 1.165) is 18.4 Å². The van der Waals surface area contributed by atoms with E-state index in [1.165, 1.54) is 19.9 Å². The Hall–Kier alpha value is -3.52. The predicted octanol–water partition coefficient (Wildman–Crippen LogP) is 4.29. The van der Waals surface area contributed by atoms with Crippen molar-refractivity contribution < 1.29 is 41.7 Å². The number of sulfonamides is 1. The highest BCUT2D eigenvalue weighted by atomic mass is 35.5. The van der Waals surface area contributed by atoms with Gasteiger partial charge >= 0.3 is 6.09 Å². The second-order valence-electron chi connectivity index (χ2n) is 14.2. The van der Waals surface area contributed by atoms with E-state index in [9.17, 15) is 18.0 Å². The van der Waals surface area contributed by atoms with E-state index in [2.05, 4.69) is 9.62 Å². The van der Waals surface area contributed by atoms with E-state index >= 15 is 0 Å². The molecule has 5 aliphatic rings. The van der Waals surface area contributed by atoms with Crippen LogP contribution >= 0.6 is 11.6 Å². The van der Waals surface area contributed by atoms with E-state index in [-0.39, 0.29) is 29.4 Å². The summed E-state index contributed by atoms with van der Waals surface area (Å²) in [6, 6.07) is 10.3. The summed E-state index contributed by atoms with van der Waals surface area (Å²) in [6.07, 6.45) is 5.00. The molecule has 4 atom stereocenters. The number of carbonyl (C=O) groups is 2. The molecule has 2 bridgehead atoms. The molecular formula is C35H42ClN3O9S. The molecule has 2 aromatic carbocycles. The monoisotopic (exact) mass is 715 g/mol. The fraction of sp³-hybridized carbons (Fsp3) is 0.543. The van der Waals surface area contributed by atoms with Crippen molar-refractivity contribution in [2.75, 3.05) is 58.1 Å². The van der Waals surface area contributed by atoms with Crippen molar-refractivity contribution >= 4 is 39.3 Å². The lowest BCUT2D eigenvalue weighted by Crippen LogP contribution is -2.52. The van der Waals surface area contributed by atoms with E-state index in [1.807, 2.05) is 24.3 Å². The van der Waals surface area contributed by atoms with Crippen LogP contribution in [0.1, 0.15) is 38.7 Å². The van der Waals surface area contributed by atoms with Crippen LogP contribution in [0.5, 0.6) is 11.5 Å². The molecule has 12 nitrogen and oxygen atoms in total. The summed E-state index contributed by atoms with van der Waals surface area (Å²) in [7, 11) is -2.54. The highest BCUT2D eigenvalue weighted by molar-refractivity contribution is 7.90. The van der Waals surface area contributed by atoms with Gasteiger partial charge in [-0.15, -0.1) is 0 Å². The Morgan fingerprint density at radius 2 is 1.92 bits per heavy atom. The van der Waals surface area contributed by atoms with Crippen LogP contribution in [0.2, 0.25) is 5.02 Å². The zero-order chi connectivity index (χ0) is 34.6. The number of anilines is 1. The van der Waals surface area contributed by atoms with Gasteiger partial charge in [-0.3, -0.25) is 4.79 Å². The van der Waals surface area contributed by atoms with Crippen molar-refractivity contribution in [3.63, 3.8) is 0 Å². The van der Waals surface area contributed by atoms with Crippen molar-refractivity contribution in [1.82, 2.24) is 9.62 Å². The standard InChI is InChI=1S/C35H42ClN3O9S/c1-34(2)32(40)37-49(42,43)25-8-11-30-28(16-25)39(20-35(21-46-30)12-14-45-31-15-23(36)7-10-27(31)35)17-22-6-9-26(22)29(5-4-13-47-34)48-33(41)38(3)24-18-44-19-24/h4-5,7-8,10-11,15-16,22,24,26,29H,6,9,12-14,17-21H2,1-3H3,(H,37,40)/t22-,26+,29-,35-/m0/s1. The molecule has 1 N–H and O–H groups in total. The molecule has 264 valence electrons. The van der Waals surface area contributed by atoms with Crippen LogP contribution in [-0.2, 0) is 34.4 Å². The average Bonchev–Trinajstić information content (AvgIpc) is 3.16. The zero-order valence-electron chi connectivity index (χ0n) is 27.9. The van der Waals surface area contributed by atoms with Gasteiger partial charge in [0, 0.05) is 36.6 Å². The van der Waals surface area contributed by atoms with Crippen LogP contribution in [0.4, 0.5) is 10.5 Å². The minimum absolute atomic E-state index is 0.00766. The first-order valence-corrected chi connectivity index (χ1v) is 18.6. The fourth-order valence-electron chi connectivity index (χ4n) is 7.18. The van der Waals surface area contributed by atoms with Crippen LogP contribution in [0.3, 0.4) is 0 Å². The molecule has 49 heavy (non-hydrogen) atoms. The molecule has 2 amide bonds. The maximum atomic E-state index is 13.6. The summed E-state index contributed by atoms with van der Waals surface area (Å²) < 4.78 is 59.2. The molecule has 0 aromatic heterocycles. The minimum Gasteiger partial charge on any atom is -0.493 e. The molecule has 1 spiro atoms. The van der Waals surface area contributed by atoms with Gasteiger partial charge in [0.15, 0.2) is 0 Å². The van der Waals surface area contributed by atoms with Crippen LogP contribution < -0.4 is 19.1 Å². The fourth-order valence-corrected chi connectivity index (χ4v) is 8.47. The summed E-state index contributed by atoms with van der Waals surface area (Å²) >= 11 is 6.35. The average molecular weight is 716 g/mol. The van der Waals surface area contributed by atoms with Crippen molar-refractivity contribution in [3.05, 3.63) is 59.1 Å². The number of fused-ring (bicyclic) bond motifs is 4. The van der Waals surface area contributed by atoms with Gasteiger partial charge in [-0.2, -0.15) is 0 Å². The molecule has 2 fully saturated rings. The van der Waals surface area contributed by atoms with Crippen LogP contribution in [0.15, 0.2) is 53.4 Å². The van der Waals surface area contributed by atoms with Gasteiger partial charge in [-0.1, -0.05) is 23.7 Å². The predicted molar refractivity (Wildman–Crippen MR) is 181 cm³/mol. The molecule has 7 rings (SSSR count). The Morgan fingerprint density at radius 3 is 2.65 bits per heavy atom. The Labute approximate surface area is 291 Å². The number of halogens is 1. The van der Waals surface area contributed by atoms with Gasteiger partial charge in [0.1, 0.15) is 23.2 Å². The Balaban J connectivity index is 1.28. The summed E-state index contributed by atoms with van der Waals surface area (Å²) in [5.41, 5.74) is -0.369. The summed E-state index contributed by atoms with van der Waals surface area (Å²) in [4.78, 5) is 30.2. The number of nitrogens with one attached hydrogen (secondary N) is 1. The third kappa shape index (κ3) is 6.58. The lowest BCUT2D eigenvalue weighted by Gasteiger charge is -2.46. The van der Waals surface area contributed by atoms with Gasteiger partial charge < -0.3 is 33.5 Å². The zero-order valence-corrected chi connectivity index (χ0v) is 29.4. The molecule has 14 heteroatoms. The van der Waals surface area contributed by atoms with Crippen molar-refractivity contribution in [2.45, 2.75) is 61.2 Å². The Kier molecular flexibility index (Phi) is 9.00. The molecular weight excluding hydrogens is 674 g/mol. The van der Waals surface area contributed by atoms with E-state index < -0.39 is 39.1 Å². The molecule has 1 aliphatic carbocycles. The molecule has 2 aromatic rings. The number of hydrogen-bond donors (Lipinski definition) is 1. The maximum Gasteiger partial charge on any atom is 0.410 e. The molecule has 1 saturated carbocycles. The molecule has 4 aliphatic heterocycles. The number of nitrogens with zero attached hydrogens (tertiary/aromatic N) is 2. The number of amides is 2. The van der Waals surface area contributed by atoms with E-state index in [0.29, 0.717) is 68.1 Å². The largest absolute Gasteiger partial charge is 0.493 e. The normalized spacial score (nSPS) is 29.0.